The average molecular weight is 250 g/mol. The van der Waals surface area contributed by atoms with E-state index in [4.69, 9.17) is 4.74 Å². The van der Waals surface area contributed by atoms with Gasteiger partial charge >= 0.3 is 5.97 Å². The van der Waals surface area contributed by atoms with Crippen LogP contribution >= 0.6 is 0 Å². The second kappa shape index (κ2) is 5.14. The van der Waals surface area contributed by atoms with Crippen LogP contribution in [0.4, 0.5) is 0 Å². The van der Waals surface area contributed by atoms with Crippen molar-refractivity contribution in [2.75, 3.05) is 18.1 Å². The summed E-state index contributed by atoms with van der Waals surface area (Å²) in [5, 5.41) is 10.0. The molecular formula is C10H18O5S. The van der Waals surface area contributed by atoms with E-state index in [2.05, 4.69) is 0 Å². The van der Waals surface area contributed by atoms with Crippen LogP contribution in [0.1, 0.15) is 32.6 Å². The van der Waals surface area contributed by atoms with E-state index in [1.807, 2.05) is 0 Å². The molecule has 0 bridgehead atoms. The van der Waals surface area contributed by atoms with Crippen LogP contribution in [0.2, 0.25) is 0 Å². The van der Waals surface area contributed by atoms with Crippen molar-refractivity contribution in [2.45, 2.75) is 38.2 Å². The summed E-state index contributed by atoms with van der Waals surface area (Å²) in [4.78, 5) is 11.1. The highest BCUT2D eigenvalue weighted by Crippen LogP contribution is 2.27. The fourth-order valence-corrected chi connectivity index (χ4v) is 3.78. The van der Waals surface area contributed by atoms with Crippen molar-refractivity contribution in [1.82, 2.24) is 0 Å². The van der Waals surface area contributed by atoms with Crippen molar-refractivity contribution in [3.05, 3.63) is 0 Å². The van der Waals surface area contributed by atoms with E-state index in [1.165, 1.54) is 0 Å². The van der Waals surface area contributed by atoms with Gasteiger partial charge in [-0.25, -0.2) is 8.42 Å². The van der Waals surface area contributed by atoms with Gasteiger partial charge in [-0.3, -0.25) is 4.79 Å². The van der Waals surface area contributed by atoms with Crippen molar-refractivity contribution < 1.29 is 23.1 Å². The van der Waals surface area contributed by atoms with Crippen molar-refractivity contribution >= 4 is 15.8 Å². The molecule has 1 rings (SSSR count). The van der Waals surface area contributed by atoms with E-state index in [9.17, 15) is 18.3 Å². The zero-order valence-electron chi connectivity index (χ0n) is 9.44. The molecule has 5 nitrogen and oxygen atoms in total. The molecule has 6 heteroatoms. The standard InChI is InChI=1S/C10H18O5S/c1-2-15-9(11)4-6-10(12)5-3-7-16(13,14)8-10/h12H,2-8H2,1H3. The summed E-state index contributed by atoms with van der Waals surface area (Å²) >= 11 is 0. The highest BCUT2D eigenvalue weighted by molar-refractivity contribution is 7.91. The number of esters is 1. The summed E-state index contributed by atoms with van der Waals surface area (Å²) < 4.78 is 27.5. The van der Waals surface area contributed by atoms with Crippen LogP contribution in [0.5, 0.6) is 0 Å². The molecule has 0 aromatic carbocycles. The van der Waals surface area contributed by atoms with Gasteiger partial charge in [-0.1, -0.05) is 0 Å². The van der Waals surface area contributed by atoms with Gasteiger partial charge in [0.05, 0.1) is 23.7 Å². The minimum absolute atomic E-state index is 0.0693. The second-order valence-corrected chi connectivity index (χ2v) is 6.41. The van der Waals surface area contributed by atoms with Crippen molar-refractivity contribution in [1.29, 1.82) is 0 Å². The first kappa shape index (κ1) is 13.4. The lowest BCUT2D eigenvalue weighted by molar-refractivity contribution is -0.144. The Bertz CT molecular complexity index is 348. The summed E-state index contributed by atoms with van der Waals surface area (Å²) in [7, 11) is -3.15. The van der Waals surface area contributed by atoms with Gasteiger partial charge in [0.25, 0.3) is 0 Å². The molecule has 1 saturated heterocycles. The van der Waals surface area contributed by atoms with Gasteiger partial charge in [0, 0.05) is 6.42 Å². The topological polar surface area (TPSA) is 80.7 Å². The number of hydrogen-bond acceptors (Lipinski definition) is 5. The molecule has 0 aliphatic carbocycles. The van der Waals surface area contributed by atoms with Crippen molar-refractivity contribution in [3.63, 3.8) is 0 Å². The summed E-state index contributed by atoms with van der Waals surface area (Å²) in [5.74, 6) is -0.493. The number of rotatable bonds is 4. The molecule has 1 atom stereocenters. The molecule has 1 unspecified atom stereocenters. The molecule has 94 valence electrons. The van der Waals surface area contributed by atoms with Crippen LogP contribution < -0.4 is 0 Å². The van der Waals surface area contributed by atoms with Crippen LogP contribution in [-0.2, 0) is 19.4 Å². The number of hydrogen-bond donors (Lipinski definition) is 1. The molecule has 1 aliphatic heterocycles. The molecule has 1 heterocycles. The summed E-state index contributed by atoms with van der Waals surface area (Å²) in [5.41, 5.74) is -1.25. The molecule has 0 aromatic heterocycles. The Hall–Kier alpha value is -0.620. The van der Waals surface area contributed by atoms with Gasteiger partial charge in [0.15, 0.2) is 9.84 Å². The van der Waals surface area contributed by atoms with Crippen LogP contribution in [0, 0.1) is 0 Å². The van der Waals surface area contributed by atoms with E-state index in [-0.39, 0.29) is 30.3 Å². The Morgan fingerprint density at radius 1 is 1.50 bits per heavy atom. The zero-order valence-corrected chi connectivity index (χ0v) is 10.3. The first-order chi connectivity index (χ1) is 7.37. The minimum atomic E-state index is -3.15. The third-order valence-electron chi connectivity index (χ3n) is 2.69. The van der Waals surface area contributed by atoms with Crippen LogP contribution in [-0.4, -0.2) is 43.2 Å². The van der Waals surface area contributed by atoms with Gasteiger partial charge in [0.2, 0.25) is 0 Å². The van der Waals surface area contributed by atoms with Gasteiger partial charge in [-0.05, 0) is 26.2 Å². The van der Waals surface area contributed by atoms with E-state index < -0.39 is 15.4 Å². The largest absolute Gasteiger partial charge is 0.466 e. The molecule has 0 saturated carbocycles. The predicted molar refractivity (Wildman–Crippen MR) is 58.7 cm³/mol. The minimum Gasteiger partial charge on any atom is -0.466 e. The molecule has 0 amide bonds. The molecule has 1 N–H and O–H groups in total. The van der Waals surface area contributed by atoms with Gasteiger partial charge < -0.3 is 9.84 Å². The van der Waals surface area contributed by atoms with E-state index in [1.54, 1.807) is 6.92 Å². The number of aliphatic hydroxyl groups is 1. The van der Waals surface area contributed by atoms with Gasteiger partial charge in [0.1, 0.15) is 0 Å². The summed E-state index contributed by atoms with van der Waals surface area (Å²) in [6.45, 7) is 2.01. The Morgan fingerprint density at radius 2 is 2.19 bits per heavy atom. The van der Waals surface area contributed by atoms with Crippen molar-refractivity contribution in [3.8, 4) is 0 Å². The Morgan fingerprint density at radius 3 is 2.75 bits per heavy atom. The third kappa shape index (κ3) is 4.09. The smallest absolute Gasteiger partial charge is 0.305 e. The van der Waals surface area contributed by atoms with Crippen molar-refractivity contribution in [2.24, 2.45) is 0 Å². The molecule has 16 heavy (non-hydrogen) atoms. The lowest BCUT2D eigenvalue weighted by atomic mass is 9.94. The fourth-order valence-electron chi connectivity index (χ4n) is 1.94. The molecule has 1 fully saturated rings. The molecular weight excluding hydrogens is 232 g/mol. The number of sulfone groups is 1. The summed E-state index contributed by atoms with van der Waals surface area (Å²) in [6.07, 6.45) is 1.12. The number of carbonyl (C=O) groups excluding carboxylic acids is 1. The lowest BCUT2D eigenvalue weighted by Crippen LogP contribution is -2.42. The van der Waals surface area contributed by atoms with Gasteiger partial charge in [-0.15, -0.1) is 0 Å². The van der Waals surface area contributed by atoms with E-state index >= 15 is 0 Å². The predicted octanol–water partition coefficient (Wildman–Crippen LogP) is 0.269. The van der Waals surface area contributed by atoms with Crippen LogP contribution in [0.15, 0.2) is 0 Å². The zero-order chi connectivity index (χ0) is 12.2. The second-order valence-electron chi connectivity index (χ2n) is 4.22. The third-order valence-corrected chi connectivity index (χ3v) is 4.57. The maximum Gasteiger partial charge on any atom is 0.305 e. The Labute approximate surface area is 95.7 Å². The maximum atomic E-state index is 11.4. The number of ether oxygens (including phenoxy) is 1. The normalized spacial score (nSPS) is 28.6. The first-order valence-electron chi connectivity index (χ1n) is 5.45. The lowest BCUT2D eigenvalue weighted by Gasteiger charge is -2.31. The molecule has 0 spiro atoms. The Kier molecular flexibility index (Phi) is 4.32. The number of carbonyl (C=O) groups is 1. The molecule has 1 aliphatic rings. The van der Waals surface area contributed by atoms with Crippen LogP contribution in [0.3, 0.4) is 0 Å². The van der Waals surface area contributed by atoms with E-state index in [0.717, 1.165) is 0 Å². The van der Waals surface area contributed by atoms with E-state index in [0.29, 0.717) is 19.4 Å². The monoisotopic (exact) mass is 250 g/mol. The highest BCUT2D eigenvalue weighted by Gasteiger charge is 2.37. The summed E-state index contributed by atoms with van der Waals surface area (Å²) in [6, 6.07) is 0. The highest BCUT2D eigenvalue weighted by atomic mass is 32.2. The Balaban J connectivity index is 2.49. The SMILES string of the molecule is CCOC(=O)CCC1(O)CCCS(=O)(=O)C1. The molecule has 0 aromatic rings. The maximum absolute atomic E-state index is 11.4. The van der Waals surface area contributed by atoms with Crippen LogP contribution in [0.25, 0.3) is 0 Å². The van der Waals surface area contributed by atoms with Gasteiger partial charge in [-0.2, -0.15) is 0 Å². The quantitative estimate of drug-likeness (QED) is 0.724. The first-order valence-corrected chi connectivity index (χ1v) is 7.27. The average Bonchev–Trinajstić information content (AvgIpc) is 2.13. The fraction of sp³-hybridized carbons (Fsp3) is 0.900. The molecule has 0 radical (unpaired) electrons.